The van der Waals surface area contributed by atoms with Gasteiger partial charge >= 0.3 is 0 Å². The number of fused-ring (bicyclic) bond motifs is 2. The maximum absolute atomic E-state index is 12.9. The monoisotopic (exact) mass is 448 g/mol. The van der Waals surface area contributed by atoms with E-state index in [2.05, 4.69) is 45.9 Å². The van der Waals surface area contributed by atoms with Crippen LogP contribution in [-0.4, -0.2) is 59.6 Å². The average molecular weight is 449 g/mol. The predicted octanol–water partition coefficient (Wildman–Crippen LogP) is 4.49. The zero-order valence-corrected chi connectivity index (χ0v) is 19.8. The van der Waals surface area contributed by atoms with E-state index in [4.69, 9.17) is 4.74 Å². The highest BCUT2D eigenvalue weighted by Crippen LogP contribution is 2.40. The SMILES string of the molecule is COc1ccc2c(CN3CCC(c4c(C(=O)N(C)C)sc5ncccc45)C3)cn(C)c2c1. The van der Waals surface area contributed by atoms with Gasteiger partial charge in [-0.05, 0) is 42.3 Å². The molecule has 0 bridgehead atoms. The molecule has 1 unspecified atom stereocenters. The first-order chi connectivity index (χ1) is 15.5. The first-order valence-corrected chi connectivity index (χ1v) is 11.7. The molecule has 7 heteroatoms. The lowest BCUT2D eigenvalue weighted by molar-refractivity contribution is 0.0831. The quantitative estimate of drug-likeness (QED) is 0.451. The number of ether oxygens (including phenoxy) is 1. The fourth-order valence-corrected chi connectivity index (χ4v) is 6.12. The summed E-state index contributed by atoms with van der Waals surface area (Å²) in [5.74, 6) is 1.29. The maximum atomic E-state index is 12.9. The number of amides is 1. The molecule has 1 fully saturated rings. The number of hydrogen-bond acceptors (Lipinski definition) is 5. The molecule has 1 amide bonds. The van der Waals surface area contributed by atoms with Crippen LogP contribution in [0.15, 0.2) is 42.7 Å². The maximum Gasteiger partial charge on any atom is 0.263 e. The van der Waals surface area contributed by atoms with Crippen LogP contribution in [0.25, 0.3) is 21.1 Å². The third-order valence-electron chi connectivity index (χ3n) is 6.46. The van der Waals surface area contributed by atoms with Crippen molar-refractivity contribution >= 4 is 38.4 Å². The van der Waals surface area contributed by atoms with Crippen LogP contribution >= 0.6 is 11.3 Å². The second-order valence-corrected chi connectivity index (χ2v) is 9.77. The molecule has 0 saturated carbocycles. The summed E-state index contributed by atoms with van der Waals surface area (Å²) in [6, 6.07) is 10.4. The Balaban J connectivity index is 1.43. The van der Waals surface area contributed by atoms with Gasteiger partial charge in [0, 0.05) is 69.4 Å². The third kappa shape index (κ3) is 3.55. The van der Waals surface area contributed by atoms with Crippen molar-refractivity contribution in [1.29, 1.82) is 0 Å². The van der Waals surface area contributed by atoms with Crippen LogP contribution in [0.3, 0.4) is 0 Å². The smallest absolute Gasteiger partial charge is 0.263 e. The lowest BCUT2D eigenvalue weighted by Gasteiger charge is -2.17. The normalized spacial score (nSPS) is 16.8. The molecule has 1 aromatic carbocycles. The topological polar surface area (TPSA) is 50.6 Å². The van der Waals surface area contributed by atoms with E-state index in [9.17, 15) is 4.79 Å². The highest BCUT2D eigenvalue weighted by molar-refractivity contribution is 7.20. The molecule has 1 atom stereocenters. The van der Waals surface area contributed by atoms with E-state index in [0.29, 0.717) is 5.92 Å². The van der Waals surface area contributed by atoms with Gasteiger partial charge in [-0.25, -0.2) is 4.98 Å². The summed E-state index contributed by atoms with van der Waals surface area (Å²) in [7, 11) is 7.43. The Bertz CT molecular complexity index is 1310. The van der Waals surface area contributed by atoms with Gasteiger partial charge in [0.2, 0.25) is 0 Å². The molecule has 3 aromatic heterocycles. The summed E-state index contributed by atoms with van der Waals surface area (Å²) in [6.07, 6.45) is 5.08. The third-order valence-corrected chi connectivity index (χ3v) is 7.58. The van der Waals surface area contributed by atoms with Crippen LogP contribution in [0, 0.1) is 0 Å². The van der Waals surface area contributed by atoms with Crippen LogP contribution in [0.4, 0.5) is 0 Å². The number of aromatic nitrogens is 2. The molecule has 32 heavy (non-hydrogen) atoms. The number of benzene rings is 1. The largest absolute Gasteiger partial charge is 0.497 e. The van der Waals surface area contributed by atoms with Crippen molar-refractivity contribution in [1.82, 2.24) is 19.4 Å². The van der Waals surface area contributed by atoms with Crippen LogP contribution in [0.5, 0.6) is 5.75 Å². The first-order valence-electron chi connectivity index (χ1n) is 10.9. The average Bonchev–Trinajstić information content (AvgIpc) is 3.49. The molecule has 4 aromatic rings. The highest BCUT2D eigenvalue weighted by Gasteiger charge is 2.31. The number of carbonyl (C=O) groups is 1. The number of methoxy groups -OCH3 is 1. The van der Waals surface area contributed by atoms with Gasteiger partial charge in [-0.3, -0.25) is 9.69 Å². The van der Waals surface area contributed by atoms with E-state index < -0.39 is 0 Å². The summed E-state index contributed by atoms with van der Waals surface area (Å²) in [6.45, 7) is 2.86. The van der Waals surface area contributed by atoms with E-state index in [1.54, 1.807) is 12.0 Å². The number of aryl methyl sites for hydroxylation is 1. The number of nitrogens with zero attached hydrogens (tertiary/aromatic N) is 4. The Morgan fingerprint density at radius 1 is 1.28 bits per heavy atom. The van der Waals surface area contributed by atoms with Gasteiger partial charge in [0.25, 0.3) is 5.91 Å². The van der Waals surface area contributed by atoms with E-state index in [1.807, 2.05) is 32.4 Å². The van der Waals surface area contributed by atoms with Crippen LogP contribution in [0.2, 0.25) is 0 Å². The van der Waals surface area contributed by atoms with Crippen molar-refractivity contribution in [2.45, 2.75) is 18.9 Å². The van der Waals surface area contributed by atoms with Crippen LogP contribution < -0.4 is 4.74 Å². The van der Waals surface area contributed by atoms with Crippen LogP contribution in [-0.2, 0) is 13.6 Å². The number of thiophene rings is 1. The van der Waals surface area contributed by atoms with Gasteiger partial charge < -0.3 is 14.2 Å². The molecule has 0 N–H and O–H groups in total. The van der Waals surface area contributed by atoms with E-state index >= 15 is 0 Å². The molecule has 6 nitrogen and oxygen atoms in total. The van der Waals surface area contributed by atoms with Crippen molar-refractivity contribution in [3.63, 3.8) is 0 Å². The number of rotatable bonds is 5. The number of likely N-dealkylation sites (tertiary alicyclic amines) is 1. The number of hydrogen-bond donors (Lipinski definition) is 0. The Hall–Kier alpha value is -2.90. The second-order valence-electron chi connectivity index (χ2n) is 8.77. The van der Waals surface area contributed by atoms with Gasteiger partial charge in [-0.1, -0.05) is 6.07 Å². The Labute approximate surface area is 192 Å². The fourth-order valence-electron chi connectivity index (χ4n) is 4.87. The van der Waals surface area contributed by atoms with Gasteiger partial charge in [-0.15, -0.1) is 11.3 Å². The summed E-state index contributed by atoms with van der Waals surface area (Å²) < 4.78 is 7.57. The predicted molar refractivity (Wildman–Crippen MR) is 130 cm³/mol. The molecule has 1 saturated heterocycles. The molecule has 0 spiro atoms. The van der Waals surface area contributed by atoms with E-state index in [1.165, 1.54) is 33.4 Å². The van der Waals surface area contributed by atoms with E-state index in [-0.39, 0.29) is 5.91 Å². The molecule has 166 valence electrons. The van der Waals surface area contributed by atoms with Gasteiger partial charge in [0.1, 0.15) is 10.6 Å². The van der Waals surface area contributed by atoms with Crippen molar-refractivity contribution in [2.24, 2.45) is 7.05 Å². The molecule has 1 aliphatic rings. The van der Waals surface area contributed by atoms with Gasteiger partial charge in [-0.2, -0.15) is 0 Å². The summed E-state index contributed by atoms with van der Waals surface area (Å²) in [4.78, 5) is 23.5. The molecule has 1 aliphatic heterocycles. The minimum Gasteiger partial charge on any atom is -0.497 e. The highest BCUT2D eigenvalue weighted by atomic mass is 32.1. The number of carbonyl (C=O) groups excluding carboxylic acids is 1. The van der Waals surface area contributed by atoms with Gasteiger partial charge in [0.05, 0.1) is 17.5 Å². The molecule has 5 rings (SSSR count). The molecule has 0 radical (unpaired) electrons. The molecule has 0 aliphatic carbocycles. The lowest BCUT2D eigenvalue weighted by Crippen LogP contribution is -2.23. The Morgan fingerprint density at radius 3 is 2.91 bits per heavy atom. The van der Waals surface area contributed by atoms with Crippen molar-refractivity contribution < 1.29 is 9.53 Å². The molecular weight excluding hydrogens is 420 g/mol. The zero-order chi connectivity index (χ0) is 22.4. The number of pyridine rings is 1. The van der Waals surface area contributed by atoms with Crippen molar-refractivity contribution in [3.05, 3.63) is 58.7 Å². The van der Waals surface area contributed by atoms with Crippen molar-refractivity contribution in [3.8, 4) is 5.75 Å². The Morgan fingerprint density at radius 2 is 2.12 bits per heavy atom. The summed E-state index contributed by atoms with van der Waals surface area (Å²) in [5.41, 5.74) is 3.69. The minimum absolute atomic E-state index is 0.0736. The standard InChI is InChI=1S/C25H28N4O2S/c1-27(2)25(30)23-22(20-6-5-10-26-24(20)32-23)16-9-11-29(14-16)15-17-13-28(3)21-12-18(31-4)7-8-19(17)21/h5-8,10,12-13,16H,9,11,14-15H2,1-4H3. The van der Waals surface area contributed by atoms with Crippen LogP contribution in [0.1, 0.15) is 33.1 Å². The lowest BCUT2D eigenvalue weighted by atomic mass is 9.95. The van der Waals surface area contributed by atoms with E-state index in [0.717, 1.165) is 46.9 Å². The Kier molecular flexibility index (Phi) is 5.39. The first kappa shape index (κ1) is 21.0. The van der Waals surface area contributed by atoms with Crippen molar-refractivity contribution in [2.75, 3.05) is 34.3 Å². The molecular formula is C25H28N4O2S. The summed E-state index contributed by atoms with van der Waals surface area (Å²) >= 11 is 1.53. The fraction of sp³-hybridized carbons (Fsp3) is 0.360. The molecule has 4 heterocycles. The zero-order valence-electron chi connectivity index (χ0n) is 19.0. The van der Waals surface area contributed by atoms with Gasteiger partial charge in [0.15, 0.2) is 0 Å². The second kappa shape index (κ2) is 8.22. The summed E-state index contributed by atoms with van der Waals surface area (Å²) in [5, 5.41) is 2.40. The minimum atomic E-state index is 0.0736.